The van der Waals surface area contributed by atoms with Crippen molar-refractivity contribution in [3.05, 3.63) is 83.7 Å². The number of amides is 1. The molecule has 0 fully saturated rings. The van der Waals surface area contributed by atoms with Crippen LogP contribution in [0.1, 0.15) is 17.2 Å². The first-order valence-corrected chi connectivity index (χ1v) is 10.7. The first-order chi connectivity index (χ1) is 16.1. The van der Waals surface area contributed by atoms with Gasteiger partial charge >= 0.3 is 0 Å². The predicted octanol–water partition coefficient (Wildman–Crippen LogP) is 4.43. The van der Waals surface area contributed by atoms with Crippen molar-refractivity contribution < 1.29 is 28.1 Å². The molecule has 0 radical (unpaired) electrons. The van der Waals surface area contributed by atoms with Crippen LogP contribution in [0.5, 0.6) is 23.0 Å². The first-order valence-electron chi connectivity index (χ1n) is 10.7. The van der Waals surface area contributed by atoms with Crippen LogP contribution in [0.4, 0.5) is 4.39 Å². The predicted molar refractivity (Wildman–Crippen MR) is 122 cm³/mol. The molecule has 0 aromatic heterocycles. The number of nitrogens with zero attached hydrogens (tertiary/aromatic N) is 1. The second-order valence-corrected chi connectivity index (χ2v) is 7.63. The Hall–Kier alpha value is -3.74. The van der Waals surface area contributed by atoms with Gasteiger partial charge in [-0.25, -0.2) is 4.39 Å². The molecule has 1 aliphatic rings. The Bertz CT molecular complexity index is 1090. The number of fused-ring (bicyclic) bond motifs is 1. The minimum Gasteiger partial charge on any atom is -0.493 e. The summed E-state index contributed by atoms with van der Waals surface area (Å²) in [6, 6.07) is 18.5. The highest BCUT2D eigenvalue weighted by molar-refractivity contribution is 5.79. The Kier molecular flexibility index (Phi) is 6.98. The maximum absolute atomic E-state index is 13.3. The van der Waals surface area contributed by atoms with Gasteiger partial charge < -0.3 is 23.8 Å². The van der Waals surface area contributed by atoms with E-state index in [1.165, 1.54) is 12.1 Å². The molecular formula is C26H26FNO5. The number of methoxy groups -OCH3 is 2. The average molecular weight is 451 g/mol. The monoisotopic (exact) mass is 451 g/mol. The molecule has 0 saturated heterocycles. The minimum absolute atomic E-state index is 0.0836. The fourth-order valence-corrected chi connectivity index (χ4v) is 3.96. The van der Waals surface area contributed by atoms with E-state index in [9.17, 15) is 9.18 Å². The van der Waals surface area contributed by atoms with Gasteiger partial charge in [-0.1, -0.05) is 18.2 Å². The molecule has 0 unspecified atom stereocenters. The van der Waals surface area contributed by atoms with E-state index >= 15 is 0 Å². The summed E-state index contributed by atoms with van der Waals surface area (Å²) in [5, 5.41) is 0. The molecule has 0 bridgehead atoms. The molecule has 0 N–H and O–H groups in total. The van der Waals surface area contributed by atoms with Crippen LogP contribution in [-0.4, -0.2) is 44.8 Å². The van der Waals surface area contributed by atoms with Crippen LogP contribution in [0, 0.1) is 5.82 Å². The number of para-hydroxylation sites is 1. The number of halogens is 1. The molecule has 172 valence electrons. The van der Waals surface area contributed by atoms with Crippen LogP contribution in [-0.2, 0) is 11.2 Å². The van der Waals surface area contributed by atoms with Crippen molar-refractivity contribution in [1.82, 2.24) is 4.90 Å². The Labute approximate surface area is 192 Å². The number of rotatable bonds is 8. The lowest BCUT2D eigenvalue weighted by atomic mass is 9.92. The molecule has 6 nitrogen and oxygen atoms in total. The maximum Gasteiger partial charge on any atom is 0.261 e. The van der Waals surface area contributed by atoms with Crippen molar-refractivity contribution in [2.24, 2.45) is 0 Å². The summed E-state index contributed by atoms with van der Waals surface area (Å²) in [7, 11) is 3.17. The van der Waals surface area contributed by atoms with E-state index in [-0.39, 0.29) is 31.0 Å². The lowest BCUT2D eigenvalue weighted by molar-refractivity contribution is -0.137. The zero-order valence-electron chi connectivity index (χ0n) is 18.6. The number of carbonyl (C=O) groups excluding carboxylic acids is 1. The molecule has 33 heavy (non-hydrogen) atoms. The number of ether oxygens (including phenoxy) is 4. The van der Waals surface area contributed by atoms with Gasteiger partial charge in [-0.05, 0) is 66.1 Å². The van der Waals surface area contributed by atoms with Crippen LogP contribution in [0.25, 0.3) is 0 Å². The highest BCUT2D eigenvalue weighted by Crippen LogP contribution is 2.38. The van der Waals surface area contributed by atoms with Crippen molar-refractivity contribution in [3.8, 4) is 23.0 Å². The summed E-state index contributed by atoms with van der Waals surface area (Å²) < 4.78 is 35.9. The maximum atomic E-state index is 13.3. The lowest BCUT2D eigenvalue weighted by Gasteiger charge is -2.37. The Morgan fingerprint density at radius 2 is 1.61 bits per heavy atom. The summed E-state index contributed by atoms with van der Waals surface area (Å²) in [6.07, 6.45) is 0.666. The third-order valence-electron chi connectivity index (χ3n) is 5.65. The van der Waals surface area contributed by atoms with E-state index in [0.717, 1.165) is 11.1 Å². The van der Waals surface area contributed by atoms with Gasteiger partial charge in [0.25, 0.3) is 5.91 Å². The second kappa shape index (κ2) is 10.3. The molecule has 4 rings (SSSR count). The summed E-state index contributed by atoms with van der Waals surface area (Å²) >= 11 is 0. The molecule has 0 aliphatic carbocycles. The topological polar surface area (TPSA) is 57.2 Å². The highest BCUT2D eigenvalue weighted by Gasteiger charge is 2.33. The number of carbonyl (C=O) groups is 1. The molecular weight excluding hydrogens is 425 g/mol. The molecule has 7 heteroatoms. The molecule has 1 heterocycles. The van der Waals surface area contributed by atoms with Crippen molar-refractivity contribution >= 4 is 5.91 Å². The standard InChI is InChI=1S/C26H26FNO5/c1-30-24-14-18-12-13-28(26(29)17-33-20-6-4-3-5-7-20)23(22(18)15-25(24)31-2)16-32-21-10-8-19(27)9-11-21/h3-11,14-15,23H,12-13,16-17H2,1-2H3/t23-/m0/s1. The minimum atomic E-state index is -0.370. The molecule has 1 atom stereocenters. The molecule has 3 aromatic rings. The summed E-state index contributed by atoms with van der Waals surface area (Å²) in [6.45, 7) is 0.627. The Morgan fingerprint density at radius 3 is 2.30 bits per heavy atom. The van der Waals surface area contributed by atoms with Crippen LogP contribution >= 0.6 is 0 Å². The van der Waals surface area contributed by atoms with Gasteiger partial charge in [-0.15, -0.1) is 0 Å². The van der Waals surface area contributed by atoms with Crippen molar-refractivity contribution in [3.63, 3.8) is 0 Å². The van der Waals surface area contributed by atoms with Crippen LogP contribution in [0.3, 0.4) is 0 Å². The molecule has 1 amide bonds. The van der Waals surface area contributed by atoms with E-state index < -0.39 is 0 Å². The van der Waals surface area contributed by atoms with Crippen molar-refractivity contribution in [2.75, 3.05) is 34.0 Å². The third kappa shape index (κ3) is 5.19. The van der Waals surface area contributed by atoms with Gasteiger partial charge in [0.15, 0.2) is 18.1 Å². The normalized spacial score (nSPS) is 14.9. The van der Waals surface area contributed by atoms with Gasteiger partial charge in [-0.3, -0.25) is 4.79 Å². The van der Waals surface area contributed by atoms with Crippen LogP contribution in [0.2, 0.25) is 0 Å². The first kappa shape index (κ1) is 22.5. The van der Waals surface area contributed by atoms with E-state index in [0.29, 0.717) is 36.0 Å². The van der Waals surface area contributed by atoms with E-state index in [1.54, 1.807) is 31.3 Å². The highest BCUT2D eigenvalue weighted by atomic mass is 19.1. The van der Waals surface area contributed by atoms with Gasteiger partial charge in [0.2, 0.25) is 0 Å². The summed E-state index contributed by atoms with van der Waals surface area (Å²) in [5.74, 6) is 1.90. The number of hydrogen-bond donors (Lipinski definition) is 0. The van der Waals surface area contributed by atoms with Gasteiger partial charge in [0.1, 0.15) is 23.9 Å². The Morgan fingerprint density at radius 1 is 0.939 bits per heavy atom. The van der Waals surface area contributed by atoms with E-state index in [1.807, 2.05) is 42.5 Å². The summed E-state index contributed by atoms with van der Waals surface area (Å²) in [4.78, 5) is 14.9. The van der Waals surface area contributed by atoms with Gasteiger partial charge in [0.05, 0.1) is 20.3 Å². The molecule has 0 saturated carbocycles. The average Bonchev–Trinajstić information content (AvgIpc) is 2.86. The van der Waals surface area contributed by atoms with Gasteiger partial charge in [-0.2, -0.15) is 0 Å². The lowest BCUT2D eigenvalue weighted by Crippen LogP contribution is -2.44. The smallest absolute Gasteiger partial charge is 0.261 e. The van der Waals surface area contributed by atoms with Crippen LogP contribution in [0.15, 0.2) is 66.7 Å². The van der Waals surface area contributed by atoms with E-state index in [4.69, 9.17) is 18.9 Å². The number of benzene rings is 3. The van der Waals surface area contributed by atoms with Gasteiger partial charge in [0, 0.05) is 6.54 Å². The zero-order chi connectivity index (χ0) is 23.2. The third-order valence-corrected chi connectivity index (χ3v) is 5.65. The Balaban J connectivity index is 1.59. The van der Waals surface area contributed by atoms with Crippen molar-refractivity contribution in [1.29, 1.82) is 0 Å². The SMILES string of the molecule is COc1cc2c(cc1OC)[C@H](COc1ccc(F)cc1)N(C(=O)COc1ccccc1)CC2. The fraction of sp³-hybridized carbons (Fsp3) is 0.269. The fourth-order valence-electron chi connectivity index (χ4n) is 3.96. The largest absolute Gasteiger partial charge is 0.493 e. The van der Waals surface area contributed by atoms with Crippen LogP contribution < -0.4 is 18.9 Å². The van der Waals surface area contributed by atoms with E-state index in [2.05, 4.69) is 0 Å². The molecule has 1 aliphatic heterocycles. The summed E-state index contributed by atoms with van der Waals surface area (Å²) in [5.41, 5.74) is 1.99. The molecule has 3 aromatic carbocycles. The van der Waals surface area contributed by atoms with Crippen molar-refractivity contribution in [2.45, 2.75) is 12.5 Å². The zero-order valence-corrected chi connectivity index (χ0v) is 18.6. The quantitative estimate of drug-likeness (QED) is 0.507. The second-order valence-electron chi connectivity index (χ2n) is 7.63. The number of hydrogen-bond acceptors (Lipinski definition) is 5. The molecule has 0 spiro atoms.